The lowest BCUT2D eigenvalue weighted by Gasteiger charge is -2.15. The molecule has 1 aliphatic rings. The topological polar surface area (TPSA) is 46.2 Å². The maximum atomic E-state index is 10.2. The highest BCUT2D eigenvalue weighted by Gasteiger charge is 2.13. The molecule has 3 rings (SSSR count). The Hall–Kier alpha value is -1.58. The fourth-order valence-corrected chi connectivity index (χ4v) is 3.46. The first-order valence-electron chi connectivity index (χ1n) is 5.02. The van der Waals surface area contributed by atoms with Gasteiger partial charge in [-0.25, -0.2) is 0 Å². The van der Waals surface area contributed by atoms with Crippen molar-refractivity contribution in [1.82, 2.24) is 0 Å². The zero-order chi connectivity index (χ0) is 11.1. The Balaban J connectivity index is 2.57. The maximum absolute atomic E-state index is 10.2. The van der Waals surface area contributed by atoms with Crippen LogP contribution in [-0.4, -0.2) is 5.11 Å². The van der Waals surface area contributed by atoms with Crippen molar-refractivity contribution in [3.8, 4) is 0 Å². The van der Waals surface area contributed by atoms with E-state index in [4.69, 9.17) is 5.14 Å². The average Bonchev–Trinajstić information content (AvgIpc) is 2.36. The van der Waals surface area contributed by atoms with E-state index in [0.29, 0.717) is 5.76 Å². The lowest BCUT2D eigenvalue weighted by molar-refractivity contribution is 0.505. The molecule has 0 aromatic heterocycles. The van der Waals surface area contributed by atoms with Crippen molar-refractivity contribution >= 4 is 16.4 Å². The third-order valence-corrected chi connectivity index (χ3v) is 4.42. The lowest BCUT2D eigenvalue weighted by Crippen LogP contribution is -2.15. The molecule has 80 valence electrons. The molecule has 0 saturated carbocycles. The SMILES string of the molecule is NS1=c2ccccc2=C(O)c2ccccc21. The highest BCUT2D eigenvalue weighted by atomic mass is 32.2. The lowest BCUT2D eigenvalue weighted by atomic mass is 10.1. The summed E-state index contributed by atoms with van der Waals surface area (Å²) in [6.07, 6.45) is 0. The van der Waals surface area contributed by atoms with Gasteiger partial charge in [0.05, 0.1) is 0 Å². The van der Waals surface area contributed by atoms with Gasteiger partial charge in [-0.3, -0.25) is 5.14 Å². The number of nitrogens with two attached hydrogens (primary N) is 1. The number of aliphatic hydroxyl groups excluding tert-OH is 1. The molecule has 1 aliphatic heterocycles. The van der Waals surface area contributed by atoms with E-state index in [9.17, 15) is 5.11 Å². The van der Waals surface area contributed by atoms with Crippen LogP contribution in [0.5, 0.6) is 0 Å². The van der Waals surface area contributed by atoms with E-state index in [0.717, 1.165) is 20.2 Å². The van der Waals surface area contributed by atoms with Crippen molar-refractivity contribution in [2.24, 2.45) is 5.14 Å². The number of rotatable bonds is 0. The van der Waals surface area contributed by atoms with Crippen molar-refractivity contribution in [1.29, 1.82) is 0 Å². The fraction of sp³-hybridized carbons (Fsp3) is 0. The van der Waals surface area contributed by atoms with E-state index in [2.05, 4.69) is 0 Å². The molecular formula is C13H11NOS. The molecule has 0 radical (unpaired) electrons. The minimum atomic E-state index is -0.442. The molecule has 2 nitrogen and oxygen atoms in total. The van der Waals surface area contributed by atoms with Crippen LogP contribution in [-0.2, 0) is 0 Å². The Labute approximate surface area is 95.7 Å². The van der Waals surface area contributed by atoms with Crippen LogP contribution in [0.25, 0.3) is 5.76 Å². The first-order valence-corrected chi connectivity index (χ1v) is 6.31. The monoisotopic (exact) mass is 229 g/mol. The highest BCUT2D eigenvalue weighted by Crippen LogP contribution is 2.31. The molecule has 0 fully saturated rings. The van der Waals surface area contributed by atoms with E-state index in [1.165, 1.54) is 0 Å². The number of benzene rings is 2. The minimum Gasteiger partial charge on any atom is -0.507 e. The van der Waals surface area contributed by atoms with Crippen molar-refractivity contribution in [2.75, 3.05) is 0 Å². The summed E-state index contributed by atoms with van der Waals surface area (Å²) in [4.78, 5) is 1.01. The number of hydrogen-bond donors (Lipinski definition) is 2. The standard InChI is InChI=1S/C13H11NOS/c14-16-11-7-3-1-5-9(11)13(15)10-6-2-4-8-12(10)16/h1-8,15H,14H2. The zero-order valence-electron chi connectivity index (χ0n) is 8.55. The quantitative estimate of drug-likeness (QED) is 0.680. The predicted molar refractivity (Wildman–Crippen MR) is 66.5 cm³/mol. The zero-order valence-corrected chi connectivity index (χ0v) is 9.37. The molecule has 2 aromatic rings. The van der Waals surface area contributed by atoms with Gasteiger partial charge in [0.25, 0.3) is 0 Å². The Kier molecular flexibility index (Phi) is 2.09. The maximum Gasteiger partial charge on any atom is 0.132 e. The molecule has 3 heteroatoms. The fourth-order valence-electron chi connectivity index (χ4n) is 1.97. The van der Waals surface area contributed by atoms with Crippen LogP contribution in [0.3, 0.4) is 0 Å². The first kappa shape index (κ1) is 9.63. The molecule has 0 amide bonds. The smallest absolute Gasteiger partial charge is 0.132 e. The number of hydrogen-bond acceptors (Lipinski definition) is 2. The molecule has 3 N–H and O–H groups in total. The van der Waals surface area contributed by atoms with Gasteiger partial charge in [-0.1, -0.05) is 47.1 Å². The highest BCUT2D eigenvalue weighted by molar-refractivity contribution is 8.07. The van der Waals surface area contributed by atoms with E-state index in [-0.39, 0.29) is 0 Å². The Morgan fingerprint density at radius 1 is 0.938 bits per heavy atom. The van der Waals surface area contributed by atoms with Crippen molar-refractivity contribution in [3.63, 3.8) is 0 Å². The summed E-state index contributed by atoms with van der Waals surface area (Å²) in [7, 11) is -0.442. The van der Waals surface area contributed by atoms with E-state index in [1.807, 2.05) is 48.5 Å². The molecule has 0 bridgehead atoms. The third kappa shape index (κ3) is 1.22. The second kappa shape index (κ2) is 3.47. The summed E-state index contributed by atoms with van der Waals surface area (Å²) in [6, 6.07) is 15.5. The number of aliphatic hydroxyl groups is 1. The van der Waals surface area contributed by atoms with Crippen LogP contribution in [0.1, 0.15) is 5.56 Å². The third-order valence-electron chi connectivity index (χ3n) is 2.76. The molecule has 1 heterocycles. The Bertz CT molecular complexity index is 631. The summed E-state index contributed by atoms with van der Waals surface area (Å²) < 4.78 is 1.01. The normalized spacial score (nSPS) is 17.8. The minimum absolute atomic E-state index is 0.334. The summed E-state index contributed by atoms with van der Waals surface area (Å²) in [5.74, 6) is 0.334. The van der Waals surface area contributed by atoms with Gasteiger partial charge in [0.1, 0.15) is 5.76 Å². The van der Waals surface area contributed by atoms with Crippen LogP contribution in [0.4, 0.5) is 0 Å². The van der Waals surface area contributed by atoms with Crippen LogP contribution in [0, 0.1) is 4.51 Å². The largest absolute Gasteiger partial charge is 0.507 e. The molecule has 1 atom stereocenters. The number of fused-ring (bicyclic) bond motifs is 2. The van der Waals surface area contributed by atoms with Gasteiger partial charge in [-0.05, 0) is 12.1 Å². The molecule has 2 aromatic carbocycles. The van der Waals surface area contributed by atoms with Crippen LogP contribution in [0.15, 0.2) is 53.4 Å². The van der Waals surface area contributed by atoms with Crippen molar-refractivity contribution < 1.29 is 5.11 Å². The van der Waals surface area contributed by atoms with Gasteiger partial charge in [0.15, 0.2) is 0 Å². The molecule has 0 spiro atoms. The van der Waals surface area contributed by atoms with Crippen molar-refractivity contribution in [2.45, 2.75) is 4.90 Å². The predicted octanol–water partition coefficient (Wildman–Crippen LogP) is 2.17. The average molecular weight is 229 g/mol. The van der Waals surface area contributed by atoms with Gasteiger partial charge < -0.3 is 5.11 Å². The van der Waals surface area contributed by atoms with Crippen LogP contribution >= 0.6 is 10.7 Å². The molecule has 16 heavy (non-hydrogen) atoms. The molecule has 0 aliphatic carbocycles. The molecule has 1 unspecified atom stereocenters. The van der Waals surface area contributed by atoms with Gasteiger partial charge in [-0.15, -0.1) is 0 Å². The molecular weight excluding hydrogens is 218 g/mol. The summed E-state index contributed by atoms with van der Waals surface area (Å²) >= 11 is 0. The van der Waals surface area contributed by atoms with Crippen LogP contribution < -0.4 is 10.4 Å². The first-order chi connectivity index (χ1) is 7.79. The van der Waals surface area contributed by atoms with E-state index >= 15 is 0 Å². The van der Waals surface area contributed by atoms with Crippen molar-refractivity contribution in [3.05, 3.63) is 63.8 Å². The molecule has 0 saturated heterocycles. The summed E-state index contributed by atoms with van der Waals surface area (Å²) in [5, 5.41) is 17.3. The summed E-state index contributed by atoms with van der Waals surface area (Å²) in [6.45, 7) is 0. The van der Waals surface area contributed by atoms with Gasteiger partial charge >= 0.3 is 0 Å². The van der Waals surface area contributed by atoms with E-state index < -0.39 is 10.7 Å². The van der Waals surface area contributed by atoms with E-state index in [1.54, 1.807) is 0 Å². The van der Waals surface area contributed by atoms with Crippen LogP contribution in [0.2, 0.25) is 0 Å². The van der Waals surface area contributed by atoms with Gasteiger partial charge in [0, 0.05) is 20.2 Å². The summed E-state index contributed by atoms with van der Waals surface area (Å²) in [5.41, 5.74) is 0.854. The second-order valence-corrected chi connectivity index (χ2v) is 5.23. The van der Waals surface area contributed by atoms with Gasteiger partial charge in [-0.2, -0.15) is 0 Å². The Morgan fingerprint density at radius 2 is 1.62 bits per heavy atom. The second-order valence-electron chi connectivity index (χ2n) is 3.68. The van der Waals surface area contributed by atoms with Gasteiger partial charge in [0.2, 0.25) is 0 Å². The Morgan fingerprint density at radius 3 is 2.50 bits per heavy atom.